The summed E-state index contributed by atoms with van der Waals surface area (Å²) >= 11 is 0. The second kappa shape index (κ2) is 6.78. The highest BCUT2D eigenvalue weighted by Crippen LogP contribution is 2.13. The van der Waals surface area contributed by atoms with Crippen LogP contribution in [-0.2, 0) is 11.3 Å². The number of anilines is 1. The highest BCUT2D eigenvalue weighted by molar-refractivity contribution is 5.93. The van der Waals surface area contributed by atoms with Crippen LogP contribution in [0.3, 0.4) is 0 Å². The quantitative estimate of drug-likeness (QED) is 0.885. The third-order valence-electron chi connectivity index (χ3n) is 4.03. The molecule has 0 bridgehead atoms. The number of pyridine rings is 1. The molecule has 3 rings (SSSR count). The van der Waals surface area contributed by atoms with Crippen LogP contribution < -0.4 is 10.2 Å². The zero-order chi connectivity index (χ0) is 16.2. The van der Waals surface area contributed by atoms with Crippen molar-refractivity contribution in [1.29, 1.82) is 0 Å². The molecule has 0 aliphatic carbocycles. The Morgan fingerprint density at radius 3 is 2.83 bits per heavy atom. The van der Waals surface area contributed by atoms with Crippen molar-refractivity contribution in [2.24, 2.45) is 0 Å². The van der Waals surface area contributed by atoms with Crippen molar-refractivity contribution < 1.29 is 9.53 Å². The van der Waals surface area contributed by atoms with E-state index in [1.54, 1.807) is 0 Å². The number of morpholine rings is 1. The first-order valence-electron chi connectivity index (χ1n) is 7.73. The van der Waals surface area contributed by atoms with Crippen molar-refractivity contribution in [2.75, 3.05) is 31.2 Å². The molecule has 0 saturated carbocycles. The number of aromatic nitrogens is 3. The minimum absolute atomic E-state index is 0.189. The molecule has 7 nitrogen and oxygen atoms in total. The predicted octanol–water partition coefficient (Wildman–Crippen LogP) is 1.19. The number of H-pyrrole nitrogens is 1. The van der Waals surface area contributed by atoms with Crippen LogP contribution in [-0.4, -0.2) is 47.4 Å². The first kappa shape index (κ1) is 15.5. The summed E-state index contributed by atoms with van der Waals surface area (Å²) in [4.78, 5) is 19.0. The molecule has 0 spiro atoms. The summed E-state index contributed by atoms with van der Waals surface area (Å²) in [6.45, 7) is 7.28. The Morgan fingerprint density at radius 1 is 1.35 bits per heavy atom. The first-order chi connectivity index (χ1) is 11.1. The van der Waals surface area contributed by atoms with Crippen LogP contribution in [0.25, 0.3) is 0 Å². The topological polar surface area (TPSA) is 83.1 Å². The molecule has 3 heterocycles. The van der Waals surface area contributed by atoms with Gasteiger partial charge < -0.3 is 15.0 Å². The normalized spacial score (nSPS) is 14.8. The van der Waals surface area contributed by atoms with Crippen LogP contribution in [0.4, 0.5) is 5.82 Å². The van der Waals surface area contributed by atoms with E-state index in [-0.39, 0.29) is 5.91 Å². The predicted molar refractivity (Wildman–Crippen MR) is 86.5 cm³/mol. The van der Waals surface area contributed by atoms with Crippen LogP contribution >= 0.6 is 0 Å². The van der Waals surface area contributed by atoms with Gasteiger partial charge in [0.05, 0.1) is 25.5 Å². The number of amides is 1. The van der Waals surface area contributed by atoms with Gasteiger partial charge in [-0.2, -0.15) is 5.10 Å². The zero-order valence-corrected chi connectivity index (χ0v) is 13.4. The summed E-state index contributed by atoms with van der Waals surface area (Å²) in [6.07, 6.45) is 0. The summed E-state index contributed by atoms with van der Waals surface area (Å²) in [6, 6.07) is 5.86. The fourth-order valence-electron chi connectivity index (χ4n) is 2.49. The van der Waals surface area contributed by atoms with Gasteiger partial charge >= 0.3 is 0 Å². The van der Waals surface area contributed by atoms with E-state index in [1.165, 1.54) is 0 Å². The van der Waals surface area contributed by atoms with Crippen molar-refractivity contribution in [2.45, 2.75) is 20.4 Å². The number of nitrogens with one attached hydrogen (secondary N) is 2. The number of ether oxygens (including phenoxy) is 1. The third-order valence-corrected chi connectivity index (χ3v) is 4.03. The van der Waals surface area contributed by atoms with Gasteiger partial charge in [0.15, 0.2) is 5.69 Å². The van der Waals surface area contributed by atoms with E-state index < -0.39 is 0 Å². The molecule has 23 heavy (non-hydrogen) atoms. The van der Waals surface area contributed by atoms with Gasteiger partial charge in [-0.15, -0.1) is 0 Å². The van der Waals surface area contributed by atoms with Crippen LogP contribution in [0.1, 0.15) is 27.4 Å². The van der Waals surface area contributed by atoms with Crippen LogP contribution in [0.2, 0.25) is 0 Å². The van der Waals surface area contributed by atoms with E-state index in [4.69, 9.17) is 4.74 Å². The second-order valence-electron chi connectivity index (χ2n) is 5.59. The number of aryl methyl sites for hydroxylation is 1. The fourth-order valence-corrected chi connectivity index (χ4v) is 2.49. The minimum atomic E-state index is -0.189. The van der Waals surface area contributed by atoms with Gasteiger partial charge in [-0.25, -0.2) is 4.98 Å². The second-order valence-corrected chi connectivity index (χ2v) is 5.59. The maximum absolute atomic E-state index is 12.2. The summed E-state index contributed by atoms with van der Waals surface area (Å²) in [5, 5.41) is 9.73. The summed E-state index contributed by atoms with van der Waals surface area (Å²) in [5.74, 6) is 0.734. The molecule has 1 aliphatic heterocycles. The monoisotopic (exact) mass is 315 g/mol. The smallest absolute Gasteiger partial charge is 0.272 e. The Balaban J connectivity index is 1.64. The molecular formula is C16H21N5O2. The van der Waals surface area contributed by atoms with E-state index in [0.29, 0.717) is 12.2 Å². The van der Waals surface area contributed by atoms with Crippen molar-refractivity contribution in [3.05, 3.63) is 40.8 Å². The van der Waals surface area contributed by atoms with Gasteiger partial charge in [0, 0.05) is 24.3 Å². The molecule has 1 amide bonds. The molecule has 0 radical (unpaired) electrons. The number of carbonyl (C=O) groups is 1. The summed E-state index contributed by atoms with van der Waals surface area (Å²) in [5.41, 5.74) is 3.04. The highest BCUT2D eigenvalue weighted by atomic mass is 16.5. The number of aromatic amines is 1. The SMILES string of the molecule is Cc1[nH]nc(C(=O)NCc2cccc(N3CCOCC3)n2)c1C. The molecule has 0 aromatic carbocycles. The number of hydrogen-bond donors (Lipinski definition) is 2. The van der Waals surface area contributed by atoms with E-state index in [9.17, 15) is 4.79 Å². The molecule has 2 N–H and O–H groups in total. The van der Waals surface area contributed by atoms with Gasteiger partial charge in [0.2, 0.25) is 0 Å². The van der Waals surface area contributed by atoms with Crippen molar-refractivity contribution >= 4 is 11.7 Å². The maximum atomic E-state index is 12.2. The van der Waals surface area contributed by atoms with Crippen LogP contribution in [0.15, 0.2) is 18.2 Å². The minimum Gasteiger partial charge on any atom is -0.378 e. The Kier molecular flexibility index (Phi) is 4.57. The van der Waals surface area contributed by atoms with Gasteiger partial charge in [-0.3, -0.25) is 9.89 Å². The molecule has 7 heteroatoms. The van der Waals surface area contributed by atoms with E-state index >= 15 is 0 Å². The molecule has 0 unspecified atom stereocenters. The highest BCUT2D eigenvalue weighted by Gasteiger charge is 2.15. The lowest BCUT2D eigenvalue weighted by Gasteiger charge is -2.28. The number of nitrogens with zero attached hydrogens (tertiary/aromatic N) is 3. The van der Waals surface area contributed by atoms with Crippen LogP contribution in [0, 0.1) is 13.8 Å². The Hall–Kier alpha value is -2.41. The van der Waals surface area contributed by atoms with Crippen molar-refractivity contribution in [3.63, 3.8) is 0 Å². The zero-order valence-electron chi connectivity index (χ0n) is 13.4. The van der Waals surface area contributed by atoms with Gasteiger partial charge in [0.25, 0.3) is 5.91 Å². The molecule has 1 fully saturated rings. The van der Waals surface area contributed by atoms with Gasteiger partial charge in [-0.05, 0) is 26.0 Å². The van der Waals surface area contributed by atoms with E-state index in [2.05, 4.69) is 25.4 Å². The van der Waals surface area contributed by atoms with E-state index in [1.807, 2.05) is 32.0 Å². The molecular weight excluding hydrogens is 294 g/mol. The standard InChI is InChI=1S/C16H21N5O2/c1-11-12(2)19-20-15(11)16(22)17-10-13-4-3-5-14(18-13)21-6-8-23-9-7-21/h3-5H,6-10H2,1-2H3,(H,17,22)(H,19,20). The lowest BCUT2D eigenvalue weighted by atomic mass is 10.2. The lowest BCUT2D eigenvalue weighted by molar-refractivity contribution is 0.0945. The van der Waals surface area contributed by atoms with E-state index in [0.717, 1.165) is 49.1 Å². The number of carbonyl (C=O) groups excluding carboxylic acids is 1. The molecule has 2 aromatic heterocycles. The Morgan fingerprint density at radius 2 is 2.13 bits per heavy atom. The molecule has 122 valence electrons. The average molecular weight is 315 g/mol. The average Bonchev–Trinajstić information content (AvgIpc) is 2.93. The third kappa shape index (κ3) is 3.50. The van der Waals surface area contributed by atoms with Crippen molar-refractivity contribution in [1.82, 2.24) is 20.5 Å². The molecule has 1 aliphatic rings. The Labute approximate surface area is 135 Å². The van der Waals surface area contributed by atoms with Crippen molar-refractivity contribution in [3.8, 4) is 0 Å². The number of hydrogen-bond acceptors (Lipinski definition) is 5. The summed E-state index contributed by atoms with van der Waals surface area (Å²) < 4.78 is 5.36. The maximum Gasteiger partial charge on any atom is 0.272 e. The lowest BCUT2D eigenvalue weighted by Crippen LogP contribution is -2.37. The number of rotatable bonds is 4. The Bertz CT molecular complexity index is 692. The first-order valence-corrected chi connectivity index (χ1v) is 7.73. The molecule has 2 aromatic rings. The van der Waals surface area contributed by atoms with Gasteiger partial charge in [0.1, 0.15) is 5.82 Å². The molecule has 1 saturated heterocycles. The largest absolute Gasteiger partial charge is 0.378 e. The molecule has 0 atom stereocenters. The summed E-state index contributed by atoms with van der Waals surface area (Å²) in [7, 11) is 0. The fraction of sp³-hybridized carbons (Fsp3) is 0.438. The van der Waals surface area contributed by atoms with Gasteiger partial charge in [-0.1, -0.05) is 6.07 Å². The van der Waals surface area contributed by atoms with Crippen LogP contribution in [0.5, 0.6) is 0 Å².